The quantitative estimate of drug-likeness (QED) is 0.508. The van der Waals surface area contributed by atoms with Gasteiger partial charge < -0.3 is 4.79 Å². The molecule has 0 amide bonds. The van der Waals surface area contributed by atoms with Gasteiger partial charge in [-0.2, -0.15) is 0 Å². The average Bonchev–Trinajstić information content (AvgIpc) is 2.92. The molecule has 0 fully saturated rings. The highest BCUT2D eigenvalue weighted by Gasteiger charge is 2.31. The number of hydrogen-bond donors (Lipinski definition) is 0. The van der Waals surface area contributed by atoms with Gasteiger partial charge in [-0.25, -0.2) is 0 Å². The Bertz CT molecular complexity index is 825. The Morgan fingerprint density at radius 2 is 1.67 bits per heavy atom. The molecule has 3 aromatic rings. The lowest BCUT2D eigenvalue weighted by atomic mass is 10.1. The number of carbonyl (C=O) groups excluding carboxylic acids is 1. The van der Waals surface area contributed by atoms with Crippen molar-refractivity contribution in [2.24, 2.45) is 0 Å². The summed E-state index contributed by atoms with van der Waals surface area (Å²) in [4.78, 5) is 12.8. The Labute approximate surface area is 127 Å². The monoisotopic (exact) mass is 291 g/mol. The third kappa shape index (κ3) is 1.93. The standard InChI is InChI=1S/C18H13NOS/c20-12-17-15-9-3-4-11-18(15)21-19(17)16-10-5-7-13-6-1-2-8-14(13)16/h1-12,17H. The fourth-order valence-corrected chi connectivity index (χ4v) is 4.01. The number of nitrogens with zero attached hydrogens (tertiary/aromatic N) is 1. The minimum atomic E-state index is -0.225. The maximum Gasteiger partial charge on any atom is 0.148 e. The van der Waals surface area contributed by atoms with Gasteiger partial charge in [0.1, 0.15) is 12.3 Å². The minimum absolute atomic E-state index is 0.225. The summed E-state index contributed by atoms with van der Waals surface area (Å²) in [5.41, 5.74) is 2.18. The van der Waals surface area contributed by atoms with E-state index in [-0.39, 0.29) is 6.04 Å². The number of carbonyl (C=O) groups is 1. The van der Waals surface area contributed by atoms with E-state index in [1.54, 1.807) is 11.9 Å². The summed E-state index contributed by atoms with van der Waals surface area (Å²) >= 11 is 1.64. The van der Waals surface area contributed by atoms with Crippen LogP contribution in [-0.2, 0) is 4.79 Å². The highest BCUT2D eigenvalue weighted by molar-refractivity contribution is 8.01. The molecule has 0 radical (unpaired) electrons. The second kappa shape index (κ2) is 4.93. The van der Waals surface area contributed by atoms with E-state index in [1.165, 1.54) is 10.8 Å². The van der Waals surface area contributed by atoms with Crippen LogP contribution < -0.4 is 4.31 Å². The minimum Gasteiger partial charge on any atom is -0.301 e. The van der Waals surface area contributed by atoms with Gasteiger partial charge in [-0.15, -0.1) is 0 Å². The molecule has 3 aromatic carbocycles. The molecule has 4 rings (SSSR count). The van der Waals surface area contributed by atoms with Crippen molar-refractivity contribution in [3.05, 3.63) is 72.3 Å². The number of rotatable bonds is 2. The summed E-state index contributed by atoms with van der Waals surface area (Å²) in [6.07, 6.45) is 1.03. The number of fused-ring (bicyclic) bond motifs is 2. The lowest BCUT2D eigenvalue weighted by Crippen LogP contribution is -2.17. The Hall–Kier alpha value is -2.26. The van der Waals surface area contributed by atoms with Gasteiger partial charge in [0.05, 0.1) is 5.69 Å². The zero-order chi connectivity index (χ0) is 14.2. The SMILES string of the molecule is O=CC1c2ccccc2SN1c1cccc2ccccc12. The summed E-state index contributed by atoms with van der Waals surface area (Å²) in [6, 6.07) is 22.4. The molecule has 0 saturated heterocycles. The van der Waals surface area contributed by atoms with Crippen molar-refractivity contribution in [1.82, 2.24) is 0 Å². The summed E-state index contributed by atoms with van der Waals surface area (Å²) in [7, 11) is 0. The van der Waals surface area contributed by atoms with Crippen molar-refractivity contribution < 1.29 is 4.79 Å². The van der Waals surface area contributed by atoms with Crippen LogP contribution in [0, 0.1) is 0 Å². The van der Waals surface area contributed by atoms with Gasteiger partial charge in [-0.05, 0) is 35.0 Å². The first-order valence-corrected chi connectivity index (χ1v) is 7.65. The first-order chi connectivity index (χ1) is 10.4. The third-order valence-corrected chi connectivity index (χ3v) is 5.01. The topological polar surface area (TPSA) is 20.3 Å². The van der Waals surface area contributed by atoms with Crippen molar-refractivity contribution in [3.63, 3.8) is 0 Å². The highest BCUT2D eigenvalue weighted by Crippen LogP contribution is 2.47. The average molecular weight is 291 g/mol. The molecule has 1 aliphatic heterocycles. The molecule has 102 valence electrons. The molecule has 0 spiro atoms. The largest absolute Gasteiger partial charge is 0.301 e. The molecule has 0 aromatic heterocycles. The zero-order valence-electron chi connectivity index (χ0n) is 11.3. The molecule has 0 aliphatic carbocycles. The zero-order valence-corrected chi connectivity index (χ0v) is 12.1. The molecule has 1 heterocycles. The predicted octanol–water partition coefficient (Wildman–Crippen LogP) is 4.61. The van der Waals surface area contributed by atoms with E-state index in [9.17, 15) is 4.79 Å². The molecule has 0 bridgehead atoms. The van der Waals surface area contributed by atoms with Crippen LogP contribution in [0.15, 0.2) is 71.6 Å². The first-order valence-electron chi connectivity index (χ1n) is 6.87. The van der Waals surface area contributed by atoms with Crippen LogP contribution in [-0.4, -0.2) is 6.29 Å². The predicted molar refractivity (Wildman–Crippen MR) is 87.5 cm³/mol. The van der Waals surface area contributed by atoms with E-state index in [1.807, 2.05) is 36.4 Å². The van der Waals surface area contributed by atoms with Crippen LogP contribution in [0.1, 0.15) is 11.6 Å². The van der Waals surface area contributed by atoms with E-state index in [4.69, 9.17) is 0 Å². The van der Waals surface area contributed by atoms with Crippen LogP contribution in [0.3, 0.4) is 0 Å². The van der Waals surface area contributed by atoms with Gasteiger partial charge in [0.15, 0.2) is 0 Å². The molecule has 1 unspecified atom stereocenters. The van der Waals surface area contributed by atoms with E-state index in [2.05, 4.69) is 34.6 Å². The lowest BCUT2D eigenvalue weighted by Gasteiger charge is -2.23. The Balaban J connectivity index is 1.89. The van der Waals surface area contributed by atoms with E-state index >= 15 is 0 Å². The Morgan fingerprint density at radius 1 is 0.905 bits per heavy atom. The lowest BCUT2D eigenvalue weighted by molar-refractivity contribution is -0.108. The number of hydrogen-bond acceptors (Lipinski definition) is 3. The van der Waals surface area contributed by atoms with Gasteiger partial charge in [0.2, 0.25) is 0 Å². The molecule has 0 saturated carbocycles. The van der Waals surface area contributed by atoms with Crippen LogP contribution in [0.25, 0.3) is 10.8 Å². The number of benzene rings is 3. The van der Waals surface area contributed by atoms with Crippen LogP contribution >= 0.6 is 11.9 Å². The van der Waals surface area contributed by atoms with E-state index < -0.39 is 0 Å². The summed E-state index contributed by atoms with van der Waals surface area (Å²) < 4.78 is 2.11. The molecule has 0 N–H and O–H groups in total. The number of aldehydes is 1. The summed E-state index contributed by atoms with van der Waals surface area (Å²) in [5.74, 6) is 0. The normalized spacial score (nSPS) is 17.0. The van der Waals surface area contributed by atoms with Gasteiger partial charge >= 0.3 is 0 Å². The van der Waals surface area contributed by atoms with Gasteiger partial charge in [-0.3, -0.25) is 4.31 Å². The second-order valence-electron chi connectivity index (χ2n) is 5.03. The van der Waals surface area contributed by atoms with Crippen molar-refractivity contribution in [2.75, 3.05) is 4.31 Å². The molecule has 1 atom stereocenters. The number of anilines is 1. The van der Waals surface area contributed by atoms with E-state index in [0.717, 1.165) is 22.4 Å². The van der Waals surface area contributed by atoms with Crippen LogP contribution in [0.5, 0.6) is 0 Å². The van der Waals surface area contributed by atoms with Gasteiger partial charge in [0.25, 0.3) is 0 Å². The Morgan fingerprint density at radius 3 is 2.57 bits per heavy atom. The van der Waals surface area contributed by atoms with Gasteiger partial charge in [-0.1, -0.05) is 54.6 Å². The van der Waals surface area contributed by atoms with E-state index in [0.29, 0.717) is 0 Å². The molecule has 2 nitrogen and oxygen atoms in total. The van der Waals surface area contributed by atoms with Crippen LogP contribution in [0.4, 0.5) is 5.69 Å². The third-order valence-electron chi connectivity index (χ3n) is 3.82. The molecule has 1 aliphatic rings. The van der Waals surface area contributed by atoms with Crippen molar-refractivity contribution in [1.29, 1.82) is 0 Å². The summed E-state index contributed by atoms with van der Waals surface area (Å²) in [5, 5.41) is 2.36. The van der Waals surface area contributed by atoms with Crippen LogP contribution in [0.2, 0.25) is 0 Å². The molecule has 21 heavy (non-hydrogen) atoms. The summed E-state index contributed by atoms with van der Waals surface area (Å²) in [6.45, 7) is 0. The second-order valence-corrected chi connectivity index (χ2v) is 6.05. The van der Waals surface area contributed by atoms with Crippen molar-refractivity contribution in [2.45, 2.75) is 10.9 Å². The molecular weight excluding hydrogens is 278 g/mol. The van der Waals surface area contributed by atoms with Crippen molar-refractivity contribution in [3.8, 4) is 0 Å². The maximum absolute atomic E-state index is 11.6. The molecular formula is C18H13NOS. The molecule has 3 heteroatoms. The maximum atomic E-state index is 11.6. The first kappa shape index (κ1) is 12.5. The van der Waals surface area contributed by atoms with Crippen molar-refractivity contribution >= 4 is 34.7 Å². The van der Waals surface area contributed by atoms with Gasteiger partial charge in [0, 0.05) is 10.3 Å². The Kier molecular flexibility index (Phi) is 2.93. The fourth-order valence-electron chi connectivity index (χ4n) is 2.83. The highest BCUT2D eigenvalue weighted by atomic mass is 32.2. The smallest absolute Gasteiger partial charge is 0.148 e. The fraction of sp³-hybridized carbons (Fsp3) is 0.0556.